The van der Waals surface area contributed by atoms with Gasteiger partial charge in [0.05, 0.1) is 12.3 Å². The quantitative estimate of drug-likeness (QED) is 0.602. The summed E-state index contributed by atoms with van der Waals surface area (Å²) in [6.07, 6.45) is 1.08. The highest BCUT2D eigenvalue weighted by molar-refractivity contribution is 7.90. The Morgan fingerprint density at radius 3 is 2.00 bits per heavy atom. The lowest BCUT2D eigenvalue weighted by Gasteiger charge is -2.02. The first-order valence-electron chi connectivity index (χ1n) is 4.24. The maximum Gasteiger partial charge on any atom is 0.346 e. The van der Waals surface area contributed by atoms with Gasteiger partial charge in [-0.2, -0.15) is 0 Å². The molecule has 7 nitrogen and oxygen atoms in total. The minimum absolute atomic E-state index is 0.00968. The summed E-state index contributed by atoms with van der Waals surface area (Å²) >= 11 is 0. The molecule has 0 radical (unpaired) electrons. The first-order valence-corrected chi connectivity index (χ1v) is 6.30. The molecule has 1 aromatic rings. The van der Waals surface area contributed by atoms with Crippen molar-refractivity contribution in [2.24, 2.45) is 14.1 Å². The van der Waals surface area contributed by atoms with E-state index in [9.17, 15) is 18.0 Å². The topological polar surface area (TPSA) is 83.1 Å². The van der Waals surface area contributed by atoms with Crippen molar-refractivity contribution in [3.05, 3.63) is 21.0 Å². The monoisotopic (exact) mass is 235 g/mol. The van der Waals surface area contributed by atoms with Crippen molar-refractivity contribution in [2.45, 2.75) is 6.54 Å². The lowest BCUT2D eigenvalue weighted by atomic mass is 10.7. The molecule has 0 amide bonds. The Morgan fingerprint density at radius 2 is 1.67 bits per heavy atom. The molecular formula is C7H13N3O4S. The van der Waals surface area contributed by atoms with Gasteiger partial charge < -0.3 is 0 Å². The Labute approximate surface area is 86.5 Å². The SMILES string of the molecule is Cn1c(=O)n(C)n(CCS(C)(=O)=O)c1=O. The van der Waals surface area contributed by atoms with E-state index >= 15 is 0 Å². The van der Waals surface area contributed by atoms with Crippen LogP contribution in [-0.4, -0.2) is 34.4 Å². The van der Waals surface area contributed by atoms with Crippen LogP contribution < -0.4 is 11.4 Å². The first kappa shape index (κ1) is 11.8. The molecule has 0 saturated carbocycles. The molecule has 1 aromatic heterocycles. The lowest BCUT2D eigenvalue weighted by Crippen LogP contribution is -2.28. The highest BCUT2D eigenvalue weighted by Gasteiger charge is 2.11. The molecular weight excluding hydrogens is 222 g/mol. The van der Waals surface area contributed by atoms with Gasteiger partial charge in [0.15, 0.2) is 0 Å². The van der Waals surface area contributed by atoms with Gasteiger partial charge in [-0.15, -0.1) is 0 Å². The Hall–Kier alpha value is -1.31. The summed E-state index contributed by atoms with van der Waals surface area (Å²) in [6, 6.07) is 0. The molecule has 0 spiro atoms. The van der Waals surface area contributed by atoms with E-state index in [1.165, 1.54) is 14.1 Å². The predicted molar refractivity (Wildman–Crippen MR) is 54.6 cm³/mol. The number of nitrogens with zero attached hydrogens (tertiary/aromatic N) is 3. The highest BCUT2D eigenvalue weighted by atomic mass is 32.2. The smallest absolute Gasteiger partial charge is 0.246 e. The Morgan fingerprint density at radius 1 is 1.13 bits per heavy atom. The minimum atomic E-state index is -3.14. The molecule has 1 rings (SSSR count). The van der Waals surface area contributed by atoms with E-state index in [0.29, 0.717) is 0 Å². The van der Waals surface area contributed by atoms with Crippen LogP contribution >= 0.6 is 0 Å². The van der Waals surface area contributed by atoms with Crippen LogP contribution in [0.1, 0.15) is 0 Å². The van der Waals surface area contributed by atoms with Gasteiger partial charge in [-0.1, -0.05) is 0 Å². The van der Waals surface area contributed by atoms with Gasteiger partial charge in [-0.3, -0.25) is 0 Å². The maximum atomic E-state index is 11.4. The van der Waals surface area contributed by atoms with Crippen LogP contribution in [0.2, 0.25) is 0 Å². The van der Waals surface area contributed by atoms with Crippen LogP contribution in [0.15, 0.2) is 9.59 Å². The molecule has 0 N–H and O–H groups in total. The van der Waals surface area contributed by atoms with E-state index in [-0.39, 0.29) is 12.3 Å². The van der Waals surface area contributed by atoms with Gasteiger partial charge in [0.1, 0.15) is 9.84 Å². The van der Waals surface area contributed by atoms with Crippen molar-refractivity contribution in [1.82, 2.24) is 13.9 Å². The third-order valence-electron chi connectivity index (χ3n) is 2.11. The summed E-state index contributed by atoms with van der Waals surface area (Å²) in [5, 5.41) is 0. The number of sulfone groups is 1. The standard InChI is InChI=1S/C7H13N3O4S/c1-8-6(11)9(2)10(7(8)12)4-5-15(3,13)14/h4-5H2,1-3H3. The highest BCUT2D eigenvalue weighted by Crippen LogP contribution is 1.85. The minimum Gasteiger partial charge on any atom is -0.246 e. The summed E-state index contributed by atoms with van der Waals surface area (Å²) in [5.41, 5.74) is -0.973. The zero-order valence-electron chi connectivity index (χ0n) is 8.80. The van der Waals surface area contributed by atoms with Crippen molar-refractivity contribution in [3.63, 3.8) is 0 Å². The van der Waals surface area contributed by atoms with Crippen molar-refractivity contribution < 1.29 is 8.42 Å². The number of hydrogen-bond donors (Lipinski definition) is 0. The van der Waals surface area contributed by atoms with Crippen LogP contribution in [0.5, 0.6) is 0 Å². The maximum absolute atomic E-state index is 11.4. The second kappa shape index (κ2) is 3.69. The molecule has 8 heteroatoms. The van der Waals surface area contributed by atoms with Crippen LogP contribution in [-0.2, 0) is 30.5 Å². The molecule has 0 aromatic carbocycles. The van der Waals surface area contributed by atoms with E-state index in [0.717, 1.165) is 20.2 Å². The van der Waals surface area contributed by atoms with E-state index in [1.807, 2.05) is 0 Å². The van der Waals surface area contributed by atoms with Gasteiger partial charge in [0, 0.05) is 20.4 Å². The van der Waals surface area contributed by atoms with Gasteiger partial charge in [-0.05, 0) is 0 Å². The average Bonchev–Trinajstić information content (AvgIpc) is 2.28. The van der Waals surface area contributed by atoms with E-state index in [2.05, 4.69) is 0 Å². The molecule has 0 atom stereocenters. The Kier molecular flexibility index (Phi) is 2.89. The number of aromatic nitrogens is 3. The first-order chi connectivity index (χ1) is 6.74. The molecule has 0 aliphatic heterocycles. The van der Waals surface area contributed by atoms with E-state index in [4.69, 9.17) is 0 Å². The second-order valence-corrected chi connectivity index (χ2v) is 5.66. The fraction of sp³-hybridized carbons (Fsp3) is 0.714. The van der Waals surface area contributed by atoms with Gasteiger partial charge >= 0.3 is 11.4 Å². The molecule has 0 unspecified atom stereocenters. The largest absolute Gasteiger partial charge is 0.346 e. The third-order valence-corrected chi connectivity index (χ3v) is 3.03. The molecule has 15 heavy (non-hydrogen) atoms. The van der Waals surface area contributed by atoms with Crippen LogP contribution in [0.4, 0.5) is 0 Å². The zero-order valence-corrected chi connectivity index (χ0v) is 9.61. The summed E-state index contributed by atoms with van der Waals surface area (Å²) in [7, 11) is -0.372. The Balaban J connectivity index is 3.13. The van der Waals surface area contributed by atoms with Crippen LogP contribution in [0.25, 0.3) is 0 Å². The van der Waals surface area contributed by atoms with Crippen molar-refractivity contribution in [2.75, 3.05) is 12.0 Å². The molecule has 86 valence electrons. The van der Waals surface area contributed by atoms with Crippen molar-refractivity contribution in [3.8, 4) is 0 Å². The van der Waals surface area contributed by atoms with Crippen LogP contribution in [0, 0.1) is 0 Å². The zero-order chi connectivity index (χ0) is 11.8. The fourth-order valence-corrected chi connectivity index (χ4v) is 1.71. The molecule has 0 aliphatic rings. The predicted octanol–water partition coefficient (Wildman–Crippen LogP) is -2.07. The average molecular weight is 235 g/mol. The molecule has 0 fully saturated rings. The number of rotatable bonds is 3. The molecule has 0 aliphatic carbocycles. The summed E-state index contributed by atoms with van der Waals surface area (Å²) < 4.78 is 25.0. The summed E-state index contributed by atoms with van der Waals surface area (Å²) in [6.45, 7) is -0.00968. The normalized spacial score (nSPS) is 11.9. The van der Waals surface area contributed by atoms with Gasteiger partial charge in [0.2, 0.25) is 0 Å². The van der Waals surface area contributed by atoms with Crippen LogP contribution in [0.3, 0.4) is 0 Å². The Bertz CT molecular complexity index is 574. The van der Waals surface area contributed by atoms with Gasteiger partial charge in [0.25, 0.3) is 0 Å². The molecule has 0 bridgehead atoms. The number of hydrogen-bond acceptors (Lipinski definition) is 4. The van der Waals surface area contributed by atoms with E-state index < -0.39 is 21.2 Å². The fourth-order valence-electron chi connectivity index (χ4n) is 1.20. The van der Waals surface area contributed by atoms with Crippen molar-refractivity contribution in [1.29, 1.82) is 0 Å². The second-order valence-electron chi connectivity index (χ2n) is 3.40. The summed E-state index contributed by atoms with van der Waals surface area (Å²) in [4.78, 5) is 22.7. The summed E-state index contributed by atoms with van der Waals surface area (Å²) in [5.74, 6) is -0.163. The molecule has 0 saturated heterocycles. The molecule has 1 heterocycles. The van der Waals surface area contributed by atoms with Gasteiger partial charge in [-0.25, -0.2) is 31.9 Å². The third kappa shape index (κ3) is 2.38. The van der Waals surface area contributed by atoms with E-state index in [1.54, 1.807) is 0 Å². The van der Waals surface area contributed by atoms with Crippen molar-refractivity contribution >= 4 is 9.84 Å². The lowest BCUT2D eigenvalue weighted by molar-refractivity contribution is 0.504.